The number of aliphatic hydroxyl groups is 2. The summed E-state index contributed by atoms with van der Waals surface area (Å²) in [5.74, 6) is 0. The van der Waals surface area contributed by atoms with E-state index in [9.17, 15) is 0 Å². The first kappa shape index (κ1) is 8.92. The van der Waals surface area contributed by atoms with Crippen LogP contribution in [0.15, 0.2) is 0 Å². The van der Waals surface area contributed by atoms with Gasteiger partial charge in [-0.25, -0.2) is 0 Å². The predicted molar refractivity (Wildman–Crippen MR) is 37.2 cm³/mol. The lowest BCUT2D eigenvalue weighted by atomic mass is 10.1. The van der Waals surface area contributed by atoms with E-state index in [1.165, 1.54) is 0 Å². The van der Waals surface area contributed by atoms with Gasteiger partial charge in [-0.1, -0.05) is 19.8 Å². The average Bonchev–Trinajstić information content (AvgIpc) is 1.85. The Kier molecular flexibility index (Phi) is 5.99. The molecular weight excluding hydrogens is 116 g/mol. The zero-order valence-electron chi connectivity index (χ0n) is 6.01. The molecule has 56 valence electrons. The van der Waals surface area contributed by atoms with Gasteiger partial charge in [-0.3, -0.25) is 0 Å². The molecule has 1 atom stereocenters. The lowest BCUT2D eigenvalue weighted by Crippen LogP contribution is -2.07. The first-order valence-electron chi connectivity index (χ1n) is 3.60. The standard InChI is InChI=1S/C7H16O2/c1-2-3-4-7(9)5-6-8/h7-9H,2-6H2,1H3. The van der Waals surface area contributed by atoms with Gasteiger partial charge in [0, 0.05) is 6.61 Å². The van der Waals surface area contributed by atoms with Crippen molar-refractivity contribution >= 4 is 0 Å². The zero-order chi connectivity index (χ0) is 7.11. The van der Waals surface area contributed by atoms with E-state index in [4.69, 9.17) is 10.2 Å². The quantitative estimate of drug-likeness (QED) is 0.584. The Hall–Kier alpha value is -0.0800. The topological polar surface area (TPSA) is 40.5 Å². The molecule has 0 radical (unpaired) electrons. The SMILES string of the molecule is CCCCC(O)CCO. The first-order chi connectivity index (χ1) is 4.31. The fourth-order valence-corrected chi connectivity index (χ4v) is 0.733. The molecule has 0 aromatic rings. The third-order valence-corrected chi connectivity index (χ3v) is 1.35. The van der Waals surface area contributed by atoms with E-state index in [1.54, 1.807) is 0 Å². The number of rotatable bonds is 5. The van der Waals surface area contributed by atoms with Gasteiger partial charge >= 0.3 is 0 Å². The Morgan fingerprint density at radius 3 is 2.44 bits per heavy atom. The van der Waals surface area contributed by atoms with Crippen molar-refractivity contribution in [3.8, 4) is 0 Å². The number of hydrogen-bond acceptors (Lipinski definition) is 2. The molecule has 0 spiro atoms. The fourth-order valence-electron chi connectivity index (χ4n) is 0.733. The van der Waals surface area contributed by atoms with Crippen LogP contribution in [-0.2, 0) is 0 Å². The second kappa shape index (κ2) is 6.05. The minimum absolute atomic E-state index is 0.102. The van der Waals surface area contributed by atoms with Gasteiger partial charge in [0.2, 0.25) is 0 Å². The maximum absolute atomic E-state index is 9.02. The van der Waals surface area contributed by atoms with E-state index in [2.05, 4.69) is 6.92 Å². The van der Waals surface area contributed by atoms with Gasteiger partial charge in [-0.15, -0.1) is 0 Å². The zero-order valence-corrected chi connectivity index (χ0v) is 6.01. The van der Waals surface area contributed by atoms with Gasteiger partial charge in [0.15, 0.2) is 0 Å². The number of unbranched alkanes of at least 4 members (excludes halogenated alkanes) is 1. The number of aliphatic hydroxyl groups excluding tert-OH is 2. The van der Waals surface area contributed by atoms with Crippen LogP contribution in [0.5, 0.6) is 0 Å². The summed E-state index contributed by atoms with van der Waals surface area (Å²) in [5.41, 5.74) is 0. The Morgan fingerprint density at radius 1 is 1.33 bits per heavy atom. The highest BCUT2D eigenvalue weighted by Crippen LogP contribution is 2.02. The molecule has 0 amide bonds. The maximum Gasteiger partial charge on any atom is 0.0562 e. The highest BCUT2D eigenvalue weighted by Gasteiger charge is 1.99. The summed E-state index contributed by atoms with van der Waals surface area (Å²) in [7, 11) is 0. The molecule has 2 heteroatoms. The van der Waals surface area contributed by atoms with Crippen molar-refractivity contribution in [2.24, 2.45) is 0 Å². The summed E-state index contributed by atoms with van der Waals surface area (Å²) in [4.78, 5) is 0. The molecule has 2 N–H and O–H groups in total. The molecule has 0 rings (SSSR count). The highest BCUT2D eigenvalue weighted by molar-refractivity contribution is 4.53. The van der Waals surface area contributed by atoms with Gasteiger partial charge < -0.3 is 10.2 Å². The normalized spacial score (nSPS) is 13.7. The Morgan fingerprint density at radius 2 is 2.00 bits per heavy atom. The fraction of sp³-hybridized carbons (Fsp3) is 1.00. The summed E-state index contributed by atoms with van der Waals surface area (Å²) in [5, 5.41) is 17.4. The van der Waals surface area contributed by atoms with Crippen LogP contribution in [0.4, 0.5) is 0 Å². The van der Waals surface area contributed by atoms with Crippen molar-refractivity contribution in [1.82, 2.24) is 0 Å². The maximum atomic E-state index is 9.02. The Labute approximate surface area is 56.5 Å². The van der Waals surface area contributed by atoms with Crippen LogP contribution in [0.2, 0.25) is 0 Å². The molecule has 0 fully saturated rings. The van der Waals surface area contributed by atoms with Crippen LogP contribution in [0.3, 0.4) is 0 Å². The molecule has 0 aliphatic rings. The molecule has 2 nitrogen and oxygen atoms in total. The average molecular weight is 132 g/mol. The summed E-state index contributed by atoms with van der Waals surface area (Å²) >= 11 is 0. The molecule has 0 heterocycles. The monoisotopic (exact) mass is 132 g/mol. The third kappa shape index (κ3) is 5.80. The third-order valence-electron chi connectivity index (χ3n) is 1.35. The molecule has 9 heavy (non-hydrogen) atoms. The largest absolute Gasteiger partial charge is 0.396 e. The molecule has 0 aliphatic carbocycles. The van der Waals surface area contributed by atoms with Crippen molar-refractivity contribution in [3.63, 3.8) is 0 Å². The Balaban J connectivity index is 2.95. The van der Waals surface area contributed by atoms with Gasteiger partial charge in [0.05, 0.1) is 6.10 Å². The molecule has 0 aromatic heterocycles. The van der Waals surface area contributed by atoms with Crippen LogP contribution in [0, 0.1) is 0 Å². The minimum atomic E-state index is -0.282. The van der Waals surface area contributed by atoms with Gasteiger partial charge in [0.25, 0.3) is 0 Å². The van der Waals surface area contributed by atoms with Crippen LogP contribution in [0.1, 0.15) is 32.6 Å². The van der Waals surface area contributed by atoms with Crippen molar-refractivity contribution in [3.05, 3.63) is 0 Å². The van der Waals surface area contributed by atoms with E-state index in [0.29, 0.717) is 6.42 Å². The van der Waals surface area contributed by atoms with E-state index in [1.807, 2.05) is 0 Å². The summed E-state index contributed by atoms with van der Waals surface area (Å²) in [6.45, 7) is 2.19. The molecule has 0 aliphatic heterocycles. The second-order valence-corrected chi connectivity index (χ2v) is 2.31. The molecule has 1 unspecified atom stereocenters. The molecule has 0 aromatic carbocycles. The molecule has 0 bridgehead atoms. The predicted octanol–water partition coefficient (Wildman–Crippen LogP) is 0.920. The van der Waals surface area contributed by atoms with E-state index in [-0.39, 0.29) is 12.7 Å². The van der Waals surface area contributed by atoms with E-state index < -0.39 is 0 Å². The second-order valence-electron chi connectivity index (χ2n) is 2.31. The van der Waals surface area contributed by atoms with Crippen molar-refractivity contribution < 1.29 is 10.2 Å². The lowest BCUT2D eigenvalue weighted by Gasteiger charge is -2.05. The van der Waals surface area contributed by atoms with Crippen molar-refractivity contribution in [2.75, 3.05) is 6.61 Å². The van der Waals surface area contributed by atoms with Gasteiger partial charge in [-0.2, -0.15) is 0 Å². The van der Waals surface area contributed by atoms with Crippen LogP contribution in [-0.4, -0.2) is 22.9 Å². The summed E-state index contributed by atoms with van der Waals surface area (Å²) < 4.78 is 0. The molecular formula is C7H16O2. The van der Waals surface area contributed by atoms with Crippen LogP contribution >= 0.6 is 0 Å². The van der Waals surface area contributed by atoms with Crippen LogP contribution < -0.4 is 0 Å². The van der Waals surface area contributed by atoms with Gasteiger partial charge in [-0.05, 0) is 12.8 Å². The molecule has 0 saturated carbocycles. The van der Waals surface area contributed by atoms with E-state index >= 15 is 0 Å². The highest BCUT2D eigenvalue weighted by atomic mass is 16.3. The van der Waals surface area contributed by atoms with Crippen molar-refractivity contribution in [1.29, 1.82) is 0 Å². The smallest absolute Gasteiger partial charge is 0.0562 e. The molecule has 0 saturated heterocycles. The lowest BCUT2D eigenvalue weighted by molar-refractivity contribution is 0.123. The Bertz CT molecular complexity index is 54.9. The van der Waals surface area contributed by atoms with Crippen LogP contribution in [0.25, 0.3) is 0 Å². The van der Waals surface area contributed by atoms with Gasteiger partial charge in [0.1, 0.15) is 0 Å². The van der Waals surface area contributed by atoms with E-state index in [0.717, 1.165) is 19.3 Å². The first-order valence-corrected chi connectivity index (χ1v) is 3.60. The van der Waals surface area contributed by atoms with Crippen molar-refractivity contribution in [2.45, 2.75) is 38.7 Å². The number of hydrogen-bond donors (Lipinski definition) is 2. The summed E-state index contributed by atoms with van der Waals surface area (Å²) in [6, 6.07) is 0. The minimum Gasteiger partial charge on any atom is -0.396 e. The summed E-state index contributed by atoms with van der Waals surface area (Å²) in [6.07, 6.45) is 3.25.